The van der Waals surface area contributed by atoms with Crippen molar-refractivity contribution in [2.24, 2.45) is 5.73 Å². The number of fused-ring (bicyclic) bond motifs is 1. The molecule has 0 bridgehead atoms. The Bertz CT molecular complexity index is 638. The predicted octanol–water partition coefficient (Wildman–Crippen LogP) is 0.411. The number of nitrogens with two attached hydrogens (primary N) is 1. The molecule has 0 aliphatic carbocycles. The molecular formula is C15H18N4O2. The molecule has 1 aliphatic rings. The standard InChI is InChI=1S/C15H18N4O2/c16-10-14(20)18-5-7-19(8-6-18)15(21)13-9-11-3-1-2-4-12(11)17-13/h1-4,9,17H,5-8,10,16H2. The number of benzene rings is 1. The summed E-state index contributed by atoms with van der Waals surface area (Å²) >= 11 is 0. The molecule has 2 heterocycles. The van der Waals surface area contributed by atoms with Crippen molar-refractivity contribution in [1.29, 1.82) is 0 Å². The summed E-state index contributed by atoms with van der Waals surface area (Å²) < 4.78 is 0. The summed E-state index contributed by atoms with van der Waals surface area (Å²) in [7, 11) is 0. The van der Waals surface area contributed by atoms with Crippen LogP contribution in [-0.2, 0) is 4.79 Å². The fourth-order valence-electron chi connectivity index (χ4n) is 2.65. The number of amides is 2. The van der Waals surface area contributed by atoms with E-state index in [4.69, 9.17) is 5.73 Å². The van der Waals surface area contributed by atoms with Crippen LogP contribution in [0.4, 0.5) is 0 Å². The number of hydrogen-bond donors (Lipinski definition) is 2. The maximum atomic E-state index is 12.5. The minimum absolute atomic E-state index is 0.0222. The molecule has 0 saturated carbocycles. The Balaban J connectivity index is 1.70. The number of hydrogen-bond acceptors (Lipinski definition) is 3. The van der Waals surface area contributed by atoms with E-state index in [1.165, 1.54) is 0 Å². The molecule has 1 aromatic carbocycles. The Morgan fingerprint density at radius 1 is 1.10 bits per heavy atom. The second kappa shape index (κ2) is 5.57. The molecule has 2 aromatic rings. The summed E-state index contributed by atoms with van der Waals surface area (Å²) in [5, 5.41) is 1.03. The quantitative estimate of drug-likeness (QED) is 0.839. The molecule has 0 atom stereocenters. The van der Waals surface area contributed by atoms with E-state index in [9.17, 15) is 9.59 Å². The largest absolute Gasteiger partial charge is 0.351 e. The lowest BCUT2D eigenvalue weighted by molar-refractivity contribution is -0.131. The zero-order chi connectivity index (χ0) is 14.8. The summed E-state index contributed by atoms with van der Waals surface area (Å²) in [6.07, 6.45) is 0. The molecule has 3 N–H and O–H groups in total. The van der Waals surface area contributed by atoms with Gasteiger partial charge in [0.1, 0.15) is 5.69 Å². The summed E-state index contributed by atoms with van der Waals surface area (Å²) in [6.45, 7) is 2.19. The van der Waals surface area contributed by atoms with Crippen molar-refractivity contribution in [2.45, 2.75) is 0 Å². The topological polar surface area (TPSA) is 82.4 Å². The second-order valence-electron chi connectivity index (χ2n) is 5.15. The Morgan fingerprint density at radius 2 is 1.76 bits per heavy atom. The number of aromatic amines is 1. The van der Waals surface area contributed by atoms with Gasteiger partial charge in [0, 0.05) is 37.1 Å². The molecule has 1 aliphatic heterocycles. The first-order valence-electron chi connectivity index (χ1n) is 7.04. The molecule has 0 spiro atoms. The molecule has 21 heavy (non-hydrogen) atoms. The lowest BCUT2D eigenvalue weighted by Crippen LogP contribution is -2.52. The number of aromatic nitrogens is 1. The van der Waals surface area contributed by atoms with Crippen LogP contribution >= 0.6 is 0 Å². The Kier molecular flexibility index (Phi) is 3.62. The van der Waals surface area contributed by atoms with Crippen LogP contribution in [0.3, 0.4) is 0 Å². The average Bonchev–Trinajstić information content (AvgIpc) is 2.97. The summed E-state index contributed by atoms with van der Waals surface area (Å²) in [5.41, 5.74) is 6.90. The van der Waals surface area contributed by atoms with Gasteiger partial charge >= 0.3 is 0 Å². The minimum Gasteiger partial charge on any atom is -0.351 e. The summed E-state index contributed by atoms with van der Waals surface area (Å²) in [6, 6.07) is 9.67. The van der Waals surface area contributed by atoms with Crippen LogP contribution in [0, 0.1) is 0 Å². The number of para-hydroxylation sites is 1. The highest BCUT2D eigenvalue weighted by Crippen LogP contribution is 2.16. The fraction of sp³-hybridized carbons (Fsp3) is 0.333. The summed E-state index contributed by atoms with van der Waals surface area (Å²) in [4.78, 5) is 30.6. The van der Waals surface area contributed by atoms with Gasteiger partial charge in [-0.25, -0.2) is 0 Å². The highest BCUT2D eigenvalue weighted by atomic mass is 16.2. The van der Waals surface area contributed by atoms with Crippen LogP contribution < -0.4 is 5.73 Å². The van der Waals surface area contributed by atoms with Crippen molar-refractivity contribution in [3.05, 3.63) is 36.0 Å². The first-order valence-corrected chi connectivity index (χ1v) is 7.04. The molecular weight excluding hydrogens is 268 g/mol. The molecule has 6 nitrogen and oxygen atoms in total. The number of nitrogens with one attached hydrogen (secondary N) is 1. The van der Waals surface area contributed by atoms with Gasteiger partial charge in [0.25, 0.3) is 5.91 Å². The van der Waals surface area contributed by atoms with E-state index >= 15 is 0 Å². The lowest BCUT2D eigenvalue weighted by Gasteiger charge is -2.34. The van der Waals surface area contributed by atoms with Crippen molar-refractivity contribution < 1.29 is 9.59 Å². The third kappa shape index (κ3) is 2.62. The average molecular weight is 286 g/mol. The van der Waals surface area contributed by atoms with E-state index in [1.807, 2.05) is 30.3 Å². The van der Waals surface area contributed by atoms with E-state index in [1.54, 1.807) is 9.80 Å². The molecule has 1 fully saturated rings. The third-order valence-electron chi connectivity index (χ3n) is 3.85. The number of H-pyrrole nitrogens is 1. The Labute approximate surface area is 122 Å². The number of rotatable bonds is 2. The van der Waals surface area contributed by atoms with Crippen molar-refractivity contribution in [1.82, 2.24) is 14.8 Å². The first-order chi connectivity index (χ1) is 10.2. The zero-order valence-electron chi connectivity index (χ0n) is 11.7. The van der Waals surface area contributed by atoms with Crippen molar-refractivity contribution in [3.8, 4) is 0 Å². The molecule has 3 rings (SSSR count). The van der Waals surface area contributed by atoms with E-state index in [-0.39, 0.29) is 18.4 Å². The number of carbonyl (C=O) groups is 2. The highest BCUT2D eigenvalue weighted by Gasteiger charge is 2.24. The van der Waals surface area contributed by atoms with Crippen LogP contribution in [0.15, 0.2) is 30.3 Å². The highest BCUT2D eigenvalue weighted by molar-refractivity contribution is 5.98. The number of carbonyl (C=O) groups excluding carboxylic acids is 2. The fourth-order valence-corrected chi connectivity index (χ4v) is 2.65. The van der Waals surface area contributed by atoms with Gasteiger partial charge in [0.2, 0.25) is 5.91 Å². The zero-order valence-corrected chi connectivity index (χ0v) is 11.7. The van der Waals surface area contributed by atoms with Crippen molar-refractivity contribution >= 4 is 22.7 Å². The van der Waals surface area contributed by atoms with Crippen LogP contribution in [0.5, 0.6) is 0 Å². The maximum absolute atomic E-state index is 12.5. The first kappa shape index (κ1) is 13.6. The SMILES string of the molecule is NCC(=O)N1CCN(C(=O)c2cc3ccccc3[nH]2)CC1. The van der Waals surface area contributed by atoms with E-state index in [0.717, 1.165) is 10.9 Å². The molecule has 110 valence electrons. The van der Waals surface area contributed by atoms with Crippen LogP contribution in [0.1, 0.15) is 10.5 Å². The monoisotopic (exact) mass is 286 g/mol. The van der Waals surface area contributed by atoms with Crippen LogP contribution in [-0.4, -0.2) is 59.3 Å². The molecule has 2 amide bonds. The molecule has 0 unspecified atom stereocenters. The minimum atomic E-state index is -0.0623. The van der Waals surface area contributed by atoms with Gasteiger partial charge < -0.3 is 20.5 Å². The van der Waals surface area contributed by atoms with Crippen LogP contribution in [0.2, 0.25) is 0 Å². The van der Waals surface area contributed by atoms with E-state index in [0.29, 0.717) is 31.9 Å². The van der Waals surface area contributed by atoms with Gasteiger partial charge in [0.15, 0.2) is 0 Å². The maximum Gasteiger partial charge on any atom is 0.270 e. The smallest absolute Gasteiger partial charge is 0.270 e. The van der Waals surface area contributed by atoms with Crippen LogP contribution in [0.25, 0.3) is 10.9 Å². The molecule has 1 saturated heterocycles. The number of piperazine rings is 1. The lowest BCUT2D eigenvalue weighted by atomic mass is 10.2. The summed E-state index contributed by atoms with van der Waals surface area (Å²) in [5.74, 6) is -0.0845. The Morgan fingerprint density at radius 3 is 2.43 bits per heavy atom. The van der Waals surface area contributed by atoms with E-state index in [2.05, 4.69) is 4.98 Å². The van der Waals surface area contributed by atoms with Crippen molar-refractivity contribution in [3.63, 3.8) is 0 Å². The van der Waals surface area contributed by atoms with Crippen molar-refractivity contribution in [2.75, 3.05) is 32.7 Å². The Hall–Kier alpha value is -2.34. The van der Waals surface area contributed by atoms with Gasteiger partial charge in [-0.15, -0.1) is 0 Å². The van der Waals surface area contributed by atoms with Gasteiger partial charge in [-0.3, -0.25) is 9.59 Å². The third-order valence-corrected chi connectivity index (χ3v) is 3.85. The van der Waals surface area contributed by atoms with Gasteiger partial charge in [-0.05, 0) is 12.1 Å². The van der Waals surface area contributed by atoms with Gasteiger partial charge in [0.05, 0.1) is 6.54 Å². The molecule has 0 radical (unpaired) electrons. The molecule has 1 aromatic heterocycles. The normalized spacial score (nSPS) is 15.5. The number of nitrogens with zero attached hydrogens (tertiary/aromatic N) is 2. The van der Waals surface area contributed by atoms with Gasteiger partial charge in [-0.1, -0.05) is 18.2 Å². The molecule has 6 heteroatoms. The second-order valence-corrected chi connectivity index (χ2v) is 5.15. The van der Waals surface area contributed by atoms with E-state index < -0.39 is 0 Å². The predicted molar refractivity (Wildman–Crippen MR) is 79.8 cm³/mol. The van der Waals surface area contributed by atoms with Gasteiger partial charge in [-0.2, -0.15) is 0 Å².